The molecule has 2 aromatic rings. The third-order valence-electron chi connectivity index (χ3n) is 2.07. The van der Waals surface area contributed by atoms with E-state index in [9.17, 15) is 5.11 Å². The Morgan fingerprint density at radius 2 is 1.31 bits per heavy atom. The Hall–Kier alpha value is -1.92. The first-order chi connectivity index (χ1) is 7.79. The van der Waals surface area contributed by atoms with Crippen molar-refractivity contribution in [2.45, 2.75) is 12.1 Å². The van der Waals surface area contributed by atoms with E-state index in [0.717, 1.165) is 0 Å². The highest BCUT2D eigenvalue weighted by molar-refractivity contribution is 5.04. The Labute approximate surface area is 92.2 Å². The predicted molar refractivity (Wildman–Crippen MR) is 56.0 cm³/mol. The number of rotatable bonds is 3. The molecule has 0 spiro atoms. The Morgan fingerprint density at radius 1 is 0.875 bits per heavy atom. The zero-order valence-electron chi connectivity index (χ0n) is 8.43. The third-order valence-corrected chi connectivity index (χ3v) is 2.07. The second-order valence-corrected chi connectivity index (χ2v) is 3.18. The highest BCUT2D eigenvalue weighted by Gasteiger charge is 2.22. The molecule has 3 N–H and O–H groups in total. The topological polar surface area (TPSA) is 97.8 Å². The van der Waals surface area contributed by atoms with E-state index in [4.69, 9.17) is 5.73 Å². The number of aromatic nitrogens is 4. The molecule has 0 saturated carbocycles. The summed E-state index contributed by atoms with van der Waals surface area (Å²) in [6, 6.07) is 2.62. The van der Waals surface area contributed by atoms with Crippen molar-refractivity contribution < 1.29 is 5.11 Å². The van der Waals surface area contributed by atoms with Crippen LogP contribution in [0.4, 0.5) is 0 Å². The van der Waals surface area contributed by atoms with Gasteiger partial charge >= 0.3 is 0 Å². The van der Waals surface area contributed by atoms with Crippen LogP contribution in [0.15, 0.2) is 36.9 Å². The summed E-state index contributed by atoms with van der Waals surface area (Å²) in [5.74, 6) is 0.630. The van der Waals surface area contributed by atoms with Gasteiger partial charge in [0.05, 0.1) is 6.04 Å². The maximum Gasteiger partial charge on any atom is 0.158 e. The summed E-state index contributed by atoms with van der Waals surface area (Å²) in [5.41, 5.74) is 5.82. The largest absolute Gasteiger partial charge is 0.383 e. The number of hydrogen-bond acceptors (Lipinski definition) is 6. The fourth-order valence-corrected chi connectivity index (χ4v) is 1.25. The van der Waals surface area contributed by atoms with Gasteiger partial charge < -0.3 is 10.8 Å². The van der Waals surface area contributed by atoms with Crippen molar-refractivity contribution in [1.29, 1.82) is 0 Å². The van der Waals surface area contributed by atoms with Gasteiger partial charge in [0.2, 0.25) is 0 Å². The van der Waals surface area contributed by atoms with E-state index in [2.05, 4.69) is 19.9 Å². The van der Waals surface area contributed by atoms with Crippen molar-refractivity contribution in [3.8, 4) is 0 Å². The first-order valence-electron chi connectivity index (χ1n) is 4.76. The van der Waals surface area contributed by atoms with E-state index in [-0.39, 0.29) is 5.82 Å². The van der Waals surface area contributed by atoms with Crippen molar-refractivity contribution in [2.24, 2.45) is 5.73 Å². The molecule has 2 unspecified atom stereocenters. The molecule has 2 rings (SSSR count). The zero-order chi connectivity index (χ0) is 11.4. The molecule has 82 valence electrons. The quantitative estimate of drug-likeness (QED) is 0.751. The van der Waals surface area contributed by atoms with Gasteiger partial charge in [0.15, 0.2) is 5.82 Å². The van der Waals surface area contributed by atoms with E-state index >= 15 is 0 Å². The smallest absolute Gasteiger partial charge is 0.158 e. The molecule has 0 amide bonds. The zero-order valence-corrected chi connectivity index (χ0v) is 8.43. The Bertz CT molecular complexity index is 392. The summed E-state index contributed by atoms with van der Waals surface area (Å²) >= 11 is 0. The van der Waals surface area contributed by atoms with Crippen LogP contribution in [-0.4, -0.2) is 25.0 Å². The molecule has 2 heterocycles. The van der Waals surface area contributed by atoms with Crippen molar-refractivity contribution in [2.75, 3.05) is 0 Å². The monoisotopic (exact) mass is 217 g/mol. The van der Waals surface area contributed by atoms with Gasteiger partial charge in [0, 0.05) is 24.8 Å². The second kappa shape index (κ2) is 4.73. The Balaban J connectivity index is 2.20. The van der Waals surface area contributed by atoms with Crippen LogP contribution in [0, 0.1) is 0 Å². The molecular weight excluding hydrogens is 206 g/mol. The van der Waals surface area contributed by atoms with Crippen molar-refractivity contribution in [3.05, 3.63) is 48.6 Å². The lowest BCUT2D eigenvalue weighted by Gasteiger charge is -2.15. The van der Waals surface area contributed by atoms with Crippen LogP contribution in [0.5, 0.6) is 0 Å². The first kappa shape index (κ1) is 10.6. The van der Waals surface area contributed by atoms with Gasteiger partial charge in [-0.2, -0.15) is 0 Å². The lowest BCUT2D eigenvalue weighted by molar-refractivity contribution is 0.134. The van der Waals surface area contributed by atoms with E-state index in [0.29, 0.717) is 5.82 Å². The van der Waals surface area contributed by atoms with Gasteiger partial charge in [-0.3, -0.25) is 0 Å². The van der Waals surface area contributed by atoms with Crippen molar-refractivity contribution in [3.63, 3.8) is 0 Å². The summed E-state index contributed by atoms with van der Waals surface area (Å²) < 4.78 is 0. The first-order valence-corrected chi connectivity index (χ1v) is 4.76. The maximum atomic E-state index is 9.91. The van der Waals surface area contributed by atoms with Crippen LogP contribution in [0.2, 0.25) is 0 Å². The highest BCUT2D eigenvalue weighted by Crippen LogP contribution is 2.20. The van der Waals surface area contributed by atoms with Gasteiger partial charge in [-0.05, 0) is 12.1 Å². The third kappa shape index (κ3) is 2.18. The molecule has 0 radical (unpaired) electrons. The molecule has 6 nitrogen and oxygen atoms in total. The summed E-state index contributed by atoms with van der Waals surface area (Å²) in [7, 11) is 0. The maximum absolute atomic E-state index is 9.91. The number of nitrogens with two attached hydrogens (primary N) is 1. The average molecular weight is 217 g/mol. The SMILES string of the molecule is NC(c1ncccn1)C(O)c1ncccn1. The summed E-state index contributed by atoms with van der Waals surface area (Å²) in [5, 5.41) is 9.91. The molecule has 0 aliphatic carbocycles. The minimum atomic E-state index is -1.01. The fourth-order valence-electron chi connectivity index (χ4n) is 1.25. The number of nitrogens with zero attached hydrogens (tertiary/aromatic N) is 4. The fraction of sp³-hybridized carbons (Fsp3) is 0.200. The molecule has 16 heavy (non-hydrogen) atoms. The molecule has 0 fully saturated rings. The molecule has 2 atom stereocenters. The highest BCUT2D eigenvalue weighted by atomic mass is 16.3. The standard InChI is InChI=1S/C10H11N5O/c11-7(9-12-3-1-4-13-9)8(16)10-14-5-2-6-15-10/h1-8,16H,11H2. The van der Waals surface area contributed by atoms with Crippen LogP contribution >= 0.6 is 0 Å². The summed E-state index contributed by atoms with van der Waals surface area (Å²) in [6.07, 6.45) is 5.22. The van der Waals surface area contributed by atoms with Crippen LogP contribution < -0.4 is 5.73 Å². The van der Waals surface area contributed by atoms with E-state index in [1.54, 1.807) is 36.9 Å². The molecule has 2 aromatic heterocycles. The minimum absolute atomic E-state index is 0.266. The lowest BCUT2D eigenvalue weighted by Crippen LogP contribution is -2.23. The second-order valence-electron chi connectivity index (χ2n) is 3.18. The van der Waals surface area contributed by atoms with Crippen LogP contribution in [0.3, 0.4) is 0 Å². The average Bonchev–Trinajstić information content (AvgIpc) is 2.39. The summed E-state index contributed by atoms with van der Waals surface area (Å²) in [6.45, 7) is 0. The van der Waals surface area contributed by atoms with Crippen molar-refractivity contribution in [1.82, 2.24) is 19.9 Å². The van der Waals surface area contributed by atoms with E-state index < -0.39 is 12.1 Å². The van der Waals surface area contributed by atoms with Gasteiger partial charge in [-0.15, -0.1) is 0 Å². The van der Waals surface area contributed by atoms with E-state index in [1.807, 2.05) is 0 Å². The van der Waals surface area contributed by atoms with Gasteiger partial charge in [0.1, 0.15) is 11.9 Å². The van der Waals surface area contributed by atoms with Crippen LogP contribution in [-0.2, 0) is 0 Å². The molecule has 0 saturated heterocycles. The van der Waals surface area contributed by atoms with E-state index in [1.165, 1.54) is 0 Å². The van der Waals surface area contributed by atoms with Crippen LogP contribution in [0.1, 0.15) is 23.8 Å². The normalized spacial score (nSPS) is 14.4. The lowest BCUT2D eigenvalue weighted by atomic mass is 10.1. The number of aliphatic hydroxyl groups is 1. The van der Waals surface area contributed by atoms with Crippen molar-refractivity contribution >= 4 is 0 Å². The summed E-state index contributed by atoms with van der Waals surface area (Å²) in [4.78, 5) is 15.8. The molecular formula is C10H11N5O. The molecule has 0 aliphatic rings. The van der Waals surface area contributed by atoms with Gasteiger partial charge in [-0.25, -0.2) is 19.9 Å². The molecule has 6 heteroatoms. The predicted octanol–water partition coefficient (Wildman–Crippen LogP) is 0.0000000000000000555. The van der Waals surface area contributed by atoms with Gasteiger partial charge in [0.25, 0.3) is 0 Å². The molecule has 0 bridgehead atoms. The van der Waals surface area contributed by atoms with Gasteiger partial charge in [-0.1, -0.05) is 0 Å². The Morgan fingerprint density at radius 3 is 1.81 bits per heavy atom. The number of hydrogen-bond donors (Lipinski definition) is 2. The Kier molecular flexibility index (Phi) is 3.13. The minimum Gasteiger partial charge on any atom is -0.383 e. The van der Waals surface area contributed by atoms with Crippen LogP contribution in [0.25, 0.3) is 0 Å². The molecule has 0 aliphatic heterocycles. The molecule has 0 aromatic carbocycles. The number of aliphatic hydroxyl groups excluding tert-OH is 1.